The Balaban J connectivity index is 1.77. The van der Waals surface area contributed by atoms with Crippen LogP contribution in [0.2, 0.25) is 0 Å². The van der Waals surface area contributed by atoms with Crippen LogP contribution in [0, 0.1) is 0 Å². The smallest absolute Gasteiger partial charge is 0.348 e. The van der Waals surface area contributed by atoms with Crippen LogP contribution in [0.4, 0.5) is 4.39 Å². The molecular formula is C19H16FO4PS. The summed E-state index contributed by atoms with van der Waals surface area (Å²) in [5, 5.41) is 0.712. The maximum Gasteiger partial charge on any atom is 0.348 e. The number of hydrogen-bond acceptors (Lipinski definition) is 5. The fourth-order valence-corrected chi connectivity index (χ4v) is 4.06. The van der Waals surface area contributed by atoms with Crippen LogP contribution in [0.15, 0.2) is 67.3 Å². The lowest BCUT2D eigenvalue weighted by Gasteiger charge is -2.16. The van der Waals surface area contributed by atoms with Gasteiger partial charge in [0.1, 0.15) is 17.2 Å². The quantitative estimate of drug-likeness (QED) is 0.324. The highest BCUT2D eigenvalue weighted by molar-refractivity contribution is 7.46. The van der Waals surface area contributed by atoms with E-state index >= 15 is 0 Å². The minimum atomic E-state index is -2.33. The van der Waals surface area contributed by atoms with Crippen molar-refractivity contribution in [1.29, 1.82) is 0 Å². The van der Waals surface area contributed by atoms with Crippen molar-refractivity contribution in [3.63, 3.8) is 0 Å². The summed E-state index contributed by atoms with van der Waals surface area (Å²) in [7, 11) is -2.33. The Morgan fingerprint density at radius 2 is 2.04 bits per heavy atom. The van der Waals surface area contributed by atoms with Crippen molar-refractivity contribution in [3.05, 3.63) is 77.7 Å². The van der Waals surface area contributed by atoms with E-state index in [4.69, 9.17) is 9.26 Å². The Kier molecular flexibility index (Phi) is 5.99. The van der Waals surface area contributed by atoms with E-state index < -0.39 is 20.3 Å². The van der Waals surface area contributed by atoms with Crippen molar-refractivity contribution in [2.24, 2.45) is 0 Å². The van der Waals surface area contributed by atoms with E-state index in [1.165, 1.54) is 17.4 Å². The molecule has 0 radical (unpaired) electrons. The molecule has 0 aliphatic rings. The molecule has 0 saturated carbocycles. The third kappa shape index (κ3) is 4.28. The largest absolute Gasteiger partial charge is 0.457 e. The number of ether oxygens (including phenoxy) is 1. The summed E-state index contributed by atoms with van der Waals surface area (Å²) < 4.78 is 25.8. The first-order chi connectivity index (χ1) is 12.6. The van der Waals surface area contributed by atoms with Gasteiger partial charge in [-0.3, -0.25) is 0 Å². The first-order valence-electron chi connectivity index (χ1n) is 7.75. The van der Waals surface area contributed by atoms with Gasteiger partial charge < -0.3 is 14.2 Å². The van der Waals surface area contributed by atoms with Gasteiger partial charge in [-0.15, -0.1) is 11.3 Å². The molecule has 0 bridgehead atoms. The summed E-state index contributed by atoms with van der Waals surface area (Å²) >= 11 is 1.27. The summed E-state index contributed by atoms with van der Waals surface area (Å²) in [5.41, 5.74) is 0.297. The van der Waals surface area contributed by atoms with Gasteiger partial charge in [0.25, 0.3) is 8.38 Å². The average Bonchev–Trinajstić information content (AvgIpc) is 3.09. The van der Waals surface area contributed by atoms with Crippen molar-refractivity contribution in [2.45, 2.75) is 5.91 Å². The van der Waals surface area contributed by atoms with Gasteiger partial charge in [-0.1, -0.05) is 36.9 Å². The maximum atomic E-state index is 14.6. The van der Waals surface area contributed by atoms with Crippen LogP contribution in [0.1, 0.15) is 21.1 Å². The Labute approximate surface area is 155 Å². The van der Waals surface area contributed by atoms with Gasteiger partial charge >= 0.3 is 5.97 Å². The van der Waals surface area contributed by atoms with Crippen LogP contribution < -0.4 is 4.52 Å². The molecule has 4 nitrogen and oxygen atoms in total. The van der Waals surface area contributed by atoms with E-state index in [-0.39, 0.29) is 6.61 Å². The molecule has 7 heteroatoms. The summed E-state index contributed by atoms with van der Waals surface area (Å²) in [6, 6.07) is 15.2. The Morgan fingerprint density at radius 1 is 1.27 bits per heavy atom. The zero-order valence-electron chi connectivity index (χ0n) is 13.7. The molecule has 1 N–H and O–H groups in total. The molecule has 0 spiro atoms. The molecule has 2 unspecified atom stereocenters. The molecule has 1 aromatic heterocycles. The van der Waals surface area contributed by atoms with E-state index in [0.717, 1.165) is 4.70 Å². The highest BCUT2D eigenvalue weighted by atomic mass is 32.1. The van der Waals surface area contributed by atoms with Gasteiger partial charge in [-0.25, -0.2) is 9.18 Å². The van der Waals surface area contributed by atoms with Gasteiger partial charge in [-0.05, 0) is 41.3 Å². The van der Waals surface area contributed by atoms with Gasteiger partial charge in [0.15, 0.2) is 0 Å². The number of fused-ring (bicyclic) bond motifs is 1. The van der Waals surface area contributed by atoms with E-state index in [0.29, 0.717) is 21.6 Å². The van der Waals surface area contributed by atoms with Crippen molar-refractivity contribution in [1.82, 2.24) is 0 Å². The summed E-state index contributed by atoms with van der Waals surface area (Å²) in [4.78, 5) is 22.4. The minimum Gasteiger partial charge on any atom is -0.457 e. The zero-order valence-corrected chi connectivity index (χ0v) is 15.4. The number of halogens is 1. The predicted molar refractivity (Wildman–Crippen MR) is 102 cm³/mol. The highest BCUT2D eigenvalue weighted by Gasteiger charge is 2.25. The first kappa shape index (κ1) is 18.5. The van der Waals surface area contributed by atoms with Crippen molar-refractivity contribution >= 4 is 35.8 Å². The van der Waals surface area contributed by atoms with Crippen molar-refractivity contribution < 1.29 is 23.3 Å². The second-order valence-electron chi connectivity index (χ2n) is 5.34. The number of thiophene rings is 1. The molecule has 3 aromatic rings. The molecule has 1 heterocycles. The summed E-state index contributed by atoms with van der Waals surface area (Å²) in [5.74, 6) is -1.69. The van der Waals surface area contributed by atoms with Crippen LogP contribution in [0.3, 0.4) is 0 Å². The van der Waals surface area contributed by atoms with Gasteiger partial charge in [-0.2, -0.15) is 0 Å². The minimum absolute atomic E-state index is 0.135. The summed E-state index contributed by atoms with van der Waals surface area (Å²) in [6.45, 7) is 3.63. The second-order valence-corrected chi connectivity index (χ2v) is 7.66. The van der Waals surface area contributed by atoms with E-state index in [1.54, 1.807) is 48.5 Å². The van der Waals surface area contributed by atoms with Gasteiger partial charge in [0.05, 0.1) is 0 Å². The third-order valence-electron chi connectivity index (χ3n) is 3.48. The average molecular weight is 390 g/mol. The van der Waals surface area contributed by atoms with Crippen molar-refractivity contribution in [3.8, 4) is 5.75 Å². The Bertz CT molecular complexity index is 912. The van der Waals surface area contributed by atoms with Crippen molar-refractivity contribution in [2.75, 3.05) is 6.61 Å². The van der Waals surface area contributed by atoms with E-state index in [2.05, 4.69) is 6.58 Å². The molecule has 3 rings (SSSR count). The number of hydrogen-bond donors (Lipinski definition) is 1. The molecular weight excluding hydrogens is 374 g/mol. The number of para-hydroxylation sites is 1. The monoisotopic (exact) mass is 390 g/mol. The first-order valence-corrected chi connectivity index (χ1v) is 9.85. The second kappa shape index (κ2) is 8.41. The van der Waals surface area contributed by atoms with Gasteiger partial charge in [0, 0.05) is 4.70 Å². The molecule has 0 saturated heterocycles. The normalized spacial score (nSPS) is 13.2. The fraction of sp³-hybridized carbons (Fsp3) is 0.105. The molecule has 2 aromatic carbocycles. The SMILES string of the molecule is C=CCOC(=O)c1cc2cc(C(F)P(O)Oc3ccccc3)ccc2s1. The Hall–Kier alpha value is -2.27. The molecule has 2 atom stereocenters. The lowest BCUT2D eigenvalue weighted by molar-refractivity contribution is 0.0555. The predicted octanol–water partition coefficient (Wildman–Crippen LogP) is 5.60. The lowest BCUT2D eigenvalue weighted by atomic mass is 10.2. The number of rotatable bonds is 7. The molecule has 0 amide bonds. The number of carbonyl (C=O) groups excluding carboxylic acids is 1. The van der Waals surface area contributed by atoms with E-state index in [1.807, 2.05) is 6.07 Å². The molecule has 134 valence electrons. The number of carbonyl (C=O) groups is 1. The maximum absolute atomic E-state index is 14.6. The lowest BCUT2D eigenvalue weighted by Crippen LogP contribution is -2.02. The fourth-order valence-electron chi connectivity index (χ4n) is 2.28. The standard InChI is InChI=1S/C19H16FO4PS/c1-2-10-23-19(21)17-12-14-11-13(8-9-16(14)26-17)18(20)25(22)24-15-6-4-3-5-7-15/h2-9,11-12,18,22H,1,10H2. The summed E-state index contributed by atoms with van der Waals surface area (Å²) in [6.07, 6.45) is 1.49. The Morgan fingerprint density at radius 3 is 2.77 bits per heavy atom. The third-order valence-corrected chi connectivity index (χ3v) is 5.66. The molecule has 0 aliphatic carbocycles. The van der Waals surface area contributed by atoms with Crippen LogP contribution in [0.25, 0.3) is 10.1 Å². The van der Waals surface area contributed by atoms with E-state index in [9.17, 15) is 14.1 Å². The molecule has 0 aliphatic heterocycles. The van der Waals surface area contributed by atoms with Gasteiger partial charge in [0.2, 0.25) is 5.91 Å². The number of esters is 1. The topological polar surface area (TPSA) is 55.8 Å². The van der Waals surface area contributed by atoms with Crippen LogP contribution in [-0.4, -0.2) is 17.5 Å². The highest BCUT2D eigenvalue weighted by Crippen LogP contribution is 2.50. The van der Waals surface area contributed by atoms with Crippen LogP contribution in [0.5, 0.6) is 5.75 Å². The molecule has 0 fully saturated rings. The number of benzene rings is 2. The zero-order chi connectivity index (χ0) is 18.5. The number of alkyl halides is 1. The molecule has 26 heavy (non-hydrogen) atoms. The van der Waals surface area contributed by atoms with Crippen LogP contribution >= 0.6 is 19.7 Å². The van der Waals surface area contributed by atoms with Crippen LogP contribution in [-0.2, 0) is 4.74 Å².